The third-order valence-electron chi connectivity index (χ3n) is 3.41. The van der Waals surface area contributed by atoms with Crippen LogP contribution in [0.2, 0.25) is 0 Å². The van der Waals surface area contributed by atoms with E-state index in [1.807, 2.05) is 6.92 Å². The highest BCUT2D eigenvalue weighted by Gasteiger charge is 2.41. The Morgan fingerprint density at radius 2 is 2.29 bits per heavy atom. The third-order valence-corrected chi connectivity index (χ3v) is 3.41. The van der Waals surface area contributed by atoms with Crippen LogP contribution in [0.1, 0.15) is 32.1 Å². The van der Waals surface area contributed by atoms with E-state index in [0.29, 0.717) is 36.7 Å². The molecule has 2 aliphatic rings. The highest BCUT2D eigenvalue weighted by Crippen LogP contribution is 2.35. The van der Waals surface area contributed by atoms with E-state index in [1.165, 1.54) is 6.42 Å². The van der Waals surface area contributed by atoms with Crippen molar-refractivity contribution in [3.05, 3.63) is 5.89 Å². The number of hydrogen-bond donors (Lipinski definition) is 2. The molecule has 6 heteroatoms. The van der Waals surface area contributed by atoms with Crippen LogP contribution < -0.4 is 10.6 Å². The van der Waals surface area contributed by atoms with Crippen molar-refractivity contribution >= 4 is 6.01 Å². The van der Waals surface area contributed by atoms with Crippen LogP contribution in [-0.4, -0.2) is 35.0 Å². The lowest BCUT2D eigenvalue weighted by atomic mass is 9.96. The first-order valence-corrected chi connectivity index (χ1v) is 6.30. The Bertz CT molecular complexity index is 381. The maximum Gasteiger partial charge on any atom is 0.315 e. The smallest absolute Gasteiger partial charge is 0.315 e. The fourth-order valence-corrected chi connectivity index (χ4v) is 2.56. The second kappa shape index (κ2) is 4.62. The monoisotopic (exact) mass is 238 g/mol. The zero-order chi connectivity index (χ0) is 11.7. The zero-order valence-corrected chi connectivity index (χ0v) is 9.98. The molecule has 3 heterocycles. The standard InChI is InChI=1S/C11H18N4O2/c1-2-12-6-10-14-15-11(17-10)13-8-5-7-3-4-9(8)16-7/h7-9,12H,2-6H2,1H3,(H,13,15). The van der Waals surface area contributed by atoms with Crippen LogP contribution in [0.5, 0.6) is 0 Å². The lowest BCUT2D eigenvalue weighted by Crippen LogP contribution is -2.30. The fraction of sp³-hybridized carbons (Fsp3) is 0.818. The SMILES string of the molecule is CCNCc1nnc(NC2CC3CCC2O3)o1. The predicted octanol–water partition coefficient (Wildman–Crippen LogP) is 0.911. The van der Waals surface area contributed by atoms with Crippen molar-refractivity contribution in [1.29, 1.82) is 0 Å². The molecule has 17 heavy (non-hydrogen) atoms. The maximum atomic E-state index is 5.76. The highest BCUT2D eigenvalue weighted by atomic mass is 16.5. The molecule has 0 aromatic carbocycles. The largest absolute Gasteiger partial charge is 0.407 e. The maximum absolute atomic E-state index is 5.76. The quantitative estimate of drug-likeness (QED) is 0.794. The minimum atomic E-state index is 0.323. The van der Waals surface area contributed by atoms with Gasteiger partial charge in [-0.15, -0.1) is 5.10 Å². The molecule has 0 aliphatic carbocycles. The number of hydrogen-bond acceptors (Lipinski definition) is 6. The molecule has 0 saturated carbocycles. The van der Waals surface area contributed by atoms with Crippen molar-refractivity contribution in [2.45, 2.75) is 51.0 Å². The second-order valence-corrected chi connectivity index (χ2v) is 4.64. The van der Waals surface area contributed by atoms with Gasteiger partial charge in [-0.1, -0.05) is 12.0 Å². The van der Waals surface area contributed by atoms with E-state index in [0.717, 1.165) is 19.4 Å². The van der Waals surface area contributed by atoms with Gasteiger partial charge < -0.3 is 19.8 Å². The molecule has 2 fully saturated rings. The van der Waals surface area contributed by atoms with Gasteiger partial charge in [0.2, 0.25) is 5.89 Å². The summed E-state index contributed by atoms with van der Waals surface area (Å²) in [5.41, 5.74) is 0. The molecule has 2 saturated heterocycles. The molecule has 2 aliphatic heterocycles. The van der Waals surface area contributed by atoms with Crippen LogP contribution in [0.15, 0.2) is 4.42 Å². The summed E-state index contributed by atoms with van der Waals surface area (Å²) in [7, 11) is 0. The lowest BCUT2D eigenvalue weighted by molar-refractivity contribution is 0.102. The number of anilines is 1. The average molecular weight is 238 g/mol. The number of aromatic nitrogens is 2. The van der Waals surface area contributed by atoms with Crippen LogP contribution in [0.3, 0.4) is 0 Å². The molecule has 3 atom stereocenters. The molecule has 0 spiro atoms. The van der Waals surface area contributed by atoms with E-state index in [1.54, 1.807) is 0 Å². The first-order chi connectivity index (χ1) is 8.35. The summed E-state index contributed by atoms with van der Waals surface area (Å²) in [6, 6.07) is 0.847. The van der Waals surface area contributed by atoms with Crippen LogP contribution in [0.25, 0.3) is 0 Å². The molecule has 0 amide bonds. The summed E-state index contributed by atoms with van der Waals surface area (Å²) in [5.74, 6) is 0.624. The van der Waals surface area contributed by atoms with Crippen molar-refractivity contribution < 1.29 is 9.15 Å². The molecular weight excluding hydrogens is 220 g/mol. The Morgan fingerprint density at radius 3 is 3.00 bits per heavy atom. The van der Waals surface area contributed by atoms with Gasteiger partial charge in [0.25, 0.3) is 0 Å². The minimum Gasteiger partial charge on any atom is -0.407 e. The molecule has 2 N–H and O–H groups in total. The highest BCUT2D eigenvalue weighted by molar-refractivity contribution is 5.22. The van der Waals surface area contributed by atoms with Crippen LogP contribution in [-0.2, 0) is 11.3 Å². The van der Waals surface area contributed by atoms with E-state index in [9.17, 15) is 0 Å². The fourth-order valence-electron chi connectivity index (χ4n) is 2.56. The summed E-state index contributed by atoms with van der Waals surface area (Å²) < 4.78 is 11.3. The van der Waals surface area contributed by atoms with Gasteiger partial charge in [-0.3, -0.25) is 0 Å². The Labute approximate surface area is 100 Å². The van der Waals surface area contributed by atoms with Gasteiger partial charge in [-0.25, -0.2) is 0 Å². The van der Waals surface area contributed by atoms with E-state index < -0.39 is 0 Å². The molecular formula is C11H18N4O2. The molecule has 1 aromatic rings. The third kappa shape index (κ3) is 2.28. The minimum absolute atomic E-state index is 0.323. The lowest BCUT2D eigenvalue weighted by Gasteiger charge is -2.18. The van der Waals surface area contributed by atoms with Gasteiger partial charge >= 0.3 is 6.01 Å². The van der Waals surface area contributed by atoms with Crippen molar-refractivity contribution in [2.75, 3.05) is 11.9 Å². The number of ether oxygens (including phenoxy) is 1. The van der Waals surface area contributed by atoms with Gasteiger partial charge in [-0.2, -0.15) is 0 Å². The van der Waals surface area contributed by atoms with Gasteiger partial charge in [0, 0.05) is 0 Å². The Kier molecular flexibility index (Phi) is 2.98. The first kappa shape index (κ1) is 11.0. The topological polar surface area (TPSA) is 72.2 Å². The molecule has 94 valence electrons. The molecule has 2 bridgehead atoms. The number of nitrogens with one attached hydrogen (secondary N) is 2. The first-order valence-electron chi connectivity index (χ1n) is 6.30. The molecule has 3 rings (SSSR count). The molecule has 1 aromatic heterocycles. The van der Waals surface area contributed by atoms with E-state index >= 15 is 0 Å². The summed E-state index contributed by atoms with van der Waals surface area (Å²) in [6.07, 6.45) is 4.14. The van der Waals surface area contributed by atoms with E-state index in [2.05, 4.69) is 20.8 Å². The summed E-state index contributed by atoms with van der Waals surface area (Å²) in [6.45, 7) is 3.56. The summed E-state index contributed by atoms with van der Waals surface area (Å²) in [5, 5.41) is 14.4. The van der Waals surface area contributed by atoms with Crippen molar-refractivity contribution in [3.8, 4) is 0 Å². The number of nitrogens with zero attached hydrogens (tertiary/aromatic N) is 2. The predicted molar refractivity (Wildman–Crippen MR) is 61.6 cm³/mol. The van der Waals surface area contributed by atoms with Crippen LogP contribution in [0, 0.1) is 0 Å². The van der Waals surface area contributed by atoms with Crippen molar-refractivity contribution in [1.82, 2.24) is 15.5 Å². The summed E-state index contributed by atoms with van der Waals surface area (Å²) >= 11 is 0. The van der Waals surface area contributed by atoms with Gasteiger partial charge in [0.1, 0.15) is 0 Å². The second-order valence-electron chi connectivity index (χ2n) is 4.64. The van der Waals surface area contributed by atoms with E-state index in [4.69, 9.17) is 9.15 Å². The Balaban J connectivity index is 1.56. The van der Waals surface area contributed by atoms with Gasteiger partial charge in [0.15, 0.2) is 0 Å². The van der Waals surface area contributed by atoms with Gasteiger partial charge in [-0.05, 0) is 25.8 Å². The van der Waals surface area contributed by atoms with Crippen LogP contribution >= 0.6 is 0 Å². The Hall–Kier alpha value is -1.14. The van der Waals surface area contributed by atoms with E-state index in [-0.39, 0.29) is 0 Å². The number of fused-ring (bicyclic) bond motifs is 2. The average Bonchev–Trinajstić information content (AvgIpc) is 3.02. The number of rotatable bonds is 5. The summed E-state index contributed by atoms with van der Waals surface area (Å²) in [4.78, 5) is 0. The Morgan fingerprint density at radius 1 is 1.35 bits per heavy atom. The molecule has 6 nitrogen and oxygen atoms in total. The zero-order valence-electron chi connectivity index (χ0n) is 9.98. The molecule has 0 radical (unpaired) electrons. The van der Waals surface area contributed by atoms with Gasteiger partial charge in [0.05, 0.1) is 24.8 Å². The van der Waals surface area contributed by atoms with Crippen LogP contribution in [0.4, 0.5) is 6.01 Å². The van der Waals surface area contributed by atoms with Crippen molar-refractivity contribution in [3.63, 3.8) is 0 Å². The molecule has 3 unspecified atom stereocenters. The normalized spacial score (nSPS) is 31.0. The van der Waals surface area contributed by atoms with Crippen molar-refractivity contribution in [2.24, 2.45) is 0 Å².